The summed E-state index contributed by atoms with van der Waals surface area (Å²) in [6, 6.07) is 0.179. The lowest BCUT2D eigenvalue weighted by Gasteiger charge is -2.27. The second kappa shape index (κ2) is 6.23. The smallest absolute Gasteiger partial charge is 0.389 e. The van der Waals surface area contributed by atoms with Crippen molar-refractivity contribution in [3.05, 3.63) is 0 Å². The zero-order chi connectivity index (χ0) is 12.9. The van der Waals surface area contributed by atoms with Crippen LogP contribution in [0.1, 0.15) is 38.5 Å². The first-order chi connectivity index (χ1) is 7.88. The Hall–Kier alpha value is -0.780. The molecular weight excluding hydrogens is 235 g/mol. The Morgan fingerprint density at radius 3 is 2.29 bits per heavy atom. The molecule has 0 heterocycles. The summed E-state index contributed by atoms with van der Waals surface area (Å²) in [6.07, 6.45) is -2.04. The van der Waals surface area contributed by atoms with Gasteiger partial charge < -0.3 is 10.4 Å². The maximum absolute atomic E-state index is 11.9. The average molecular weight is 253 g/mol. The van der Waals surface area contributed by atoms with Crippen LogP contribution in [0, 0.1) is 5.92 Å². The van der Waals surface area contributed by atoms with Gasteiger partial charge in [-0.2, -0.15) is 13.2 Å². The number of carboxylic acids is 1. The van der Waals surface area contributed by atoms with Gasteiger partial charge in [-0.05, 0) is 38.6 Å². The van der Waals surface area contributed by atoms with Crippen molar-refractivity contribution < 1.29 is 23.1 Å². The largest absolute Gasteiger partial charge is 0.481 e. The van der Waals surface area contributed by atoms with E-state index in [1.54, 1.807) is 0 Å². The Balaban J connectivity index is 2.09. The van der Waals surface area contributed by atoms with Crippen LogP contribution in [0.2, 0.25) is 0 Å². The number of alkyl halides is 3. The van der Waals surface area contributed by atoms with Crippen molar-refractivity contribution in [3.8, 4) is 0 Å². The lowest BCUT2D eigenvalue weighted by molar-refractivity contribution is -0.143. The van der Waals surface area contributed by atoms with Crippen molar-refractivity contribution in [3.63, 3.8) is 0 Å². The fraction of sp³-hybridized carbons (Fsp3) is 0.909. The van der Waals surface area contributed by atoms with E-state index in [-0.39, 0.29) is 18.4 Å². The third kappa shape index (κ3) is 5.91. The quantitative estimate of drug-likeness (QED) is 0.740. The van der Waals surface area contributed by atoms with Crippen LogP contribution in [0.3, 0.4) is 0 Å². The fourth-order valence-electron chi connectivity index (χ4n) is 2.14. The van der Waals surface area contributed by atoms with Crippen LogP contribution in [0.15, 0.2) is 0 Å². The monoisotopic (exact) mass is 253 g/mol. The van der Waals surface area contributed by atoms with Crippen LogP contribution in [0.4, 0.5) is 13.2 Å². The highest BCUT2D eigenvalue weighted by Crippen LogP contribution is 2.25. The van der Waals surface area contributed by atoms with E-state index in [0.717, 1.165) is 12.8 Å². The Morgan fingerprint density at radius 2 is 1.82 bits per heavy atom. The maximum Gasteiger partial charge on any atom is 0.389 e. The Bertz CT molecular complexity index is 248. The minimum Gasteiger partial charge on any atom is -0.481 e. The van der Waals surface area contributed by atoms with Gasteiger partial charge in [-0.15, -0.1) is 0 Å². The molecule has 0 saturated heterocycles. The summed E-state index contributed by atoms with van der Waals surface area (Å²) in [5, 5.41) is 11.8. The van der Waals surface area contributed by atoms with Gasteiger partial charge in [-0.1, -0.05) is 0 Å². The molecule has 0 unspecified atom stereocenters. The summed E-state index contributed by atoms with van der Waals surface area (Å²) in [7, 11) is 0. The zero-order valence-corrected chi connectivity index (χ0v) is 9.59. The summed E-state index contributed by atoms with van der Waals surface area (Å²) in [6.45, 7) is 0.349. The number of rotatable bonds is 5. The Morgan fingerprint density at radius 1 is 1.24 bits per heavy atom. The molecule has 0 aromatic carbocycles. The molecule has 1 fully saturated rings. The molecular formula is C11H18F3NO2. The topological polar surface area (TPSA) is 49.3 Å². The van der Waals surface area contributed by atoms with Gasteiger partial charge in [0.25, 0.3) is 0 Å². The molecule has 0 spiro atoms. The van der Waals surface area contributed by atoms with Crippen LogP contribution in [0.25, 0.3) is 0 Å². The Kier molecular flexibility index (Phi) is 5.24. The molecule has 0 aromatic heterocycles. The van der Waals surface area contributed by atoms with Gasteiger partial charge in [0.2, 0.25) is 0 Å². The van der Waals surface area contributed by atoms with E-state index < -0.39 is 18.6 Å². The average Bonchev–Trinajstić information content (AvgIpc) is 2.24. The van der Waals surface area contributed by atoms with Gasteiger partial charge in [0.15, 0.2) is 0 Å². The molecule has 3 nitrogen and oxygen atoms in total. The first-order valence-electron chi connectivity index (χ1n) is 5.91. The third-order valence-electron chi connectivity index (χ3n) is 3.15. The minimum absolute atomic E-state index is 0.0857. The lowest BCUT2D eigenvalue weighted by Crippen LogP contribution is -2.35. The molecule has 0 atom stereocenters. The second-order valence-electron chi connectivity index (χ2n) is 4.56. The molecule has 0 bridgehead atoms. The normalized spacial score (nSPS) is 25.8. The highest BCUT2D eigenvalue weighted by atomic mass is 19.4. The minimum atomic E-state index is -4.08. The summed E-state index contributed by atoms with van der Waals surface area (Å²) in [5.74, 6) is -1.04. The van der Waals surface area contributed by atoms with Gasteiger partial charge in [-0.3, -0.25) is 4.79 Å². The van der Waals surface area contributed by atoms with Gasteiger partial charge in [0, 0.05) is 12.5 Å². The van der Waals surface area contributed by atoms with E-state index in [0.29, 0.717) is 19.4 Å². The lowest BCUT2D eigenvalue weighted by atomic mass is 9.86. The van der Waals surface area contributed by atoms with E-state index in [2.05, 4.69) is 5.32 Å². The number of hydrogen-bond acceptors (Lipinski definition) is 2. The Labute approximate surface area is 98.4 Å². The zero-order valence-electron chi connectivity index (χ0n) is 9.59. The summed E-state index contributed by atoms with van der Waals surface area (Å²) < 4.78 is 35.6. The summed E-state index contributed by atoms with van der Waals surface area (Å²) >= 11 is 0. The van der Waals surface area contributed by atoms with E-state index in [1.807, 2.05) is 0 Å². The van der Waals surface area contributed by atoms with E-state index in [9.17, 15) is 18.0 Å². The molecule has 0 amide bonds. The van der Waals surface area contributed by atoms with Crippen LogP contribution < -0.4 is 5.32 Å². The molecule has 0 radical (unpaired) electrons. The first kappa shape index (κ1) is 14.3. The number of carbonyl (C=O) groups is 1. The maximum atomic E-state index is 11.9. The van der Waals surface area contributed by atoms with E-state index in [4.69, 9.17) is 5.11 Å². The van der Waals surface area contributed by atoms with Crippen LogP contribution in [-0.4, -0.2) is 29.8 Å². The molecule has 2 N–H and O–H groups in total. The predicted molar refractivity (Wildman–Crippen MR) is 56.7 cm³/mol. The van der Waals surface area contributed by atoms with Crippen LogP contribution >= 0.6 is 0 Å². The van der Waals surface area contributed by atoms with Crippen molar-refractivity contribution in [2.45, 2.75) is 50.7 Å². The van der Waals surface area contributed by atoms with Crippen molar-refractivity contribution in [2.24, 2.45) is 5.92 Å². The molecule has 1 saturated carbocycles. The third-order valence-corrected chi connectivity index (χ3v) is 3.15. The van der Waals surface area contributed by atoms with E-state index in [1.165, 1.54) is 0 Å². The molecule has 17 heavy (non-hydrogen) atoms. The highest BCUT2D eigenvalue weighted by Gasteiger charge is 2.27. The highest BCUT2D eigenvalue weighted by molar-refractivity contribution is 5.70. The number of halogens is 3. The number of hydrogen-bond donors (Lipinski definition) is 2. The van der Waals surface area contributed by atoms with Crippen molar-refractivity contribution >= 4 is 5.97 Å². The van der Waals surface area contributed by atoms with Gasteiger partial charge in [-0.25, -0.2) is 0 Å². The van der Waals surface area contributed by atoms with Crippen molar-refractivity contribution in [1.82, 2.24) is 5.32 Å². The second-order valence-corrected chi connectivity index (χ2v) is 4.56. The van der Waals surface area contributed by atoms with Gasteiger partial charge in [0.05, 0.1) is 5.92 Å². The summed E-state index contributed by atoms with van der Waals surface area (Å²) in [5.41, 5.74) is 0. The molecule has 6 heteroatoms. The van der Waals surface area contributed by atoms with Crippen molar-refractivity contribution in [1.29, 1.82) is 0 Å². The molecule has 1 aliphatic rings. The van der Waals surface area contributed by atoms with Gasteiger partial charge >= 0.3 is 12.1 Å². The first-order valence-corrected chi connectivity index (χ1v) is 5.91. The molecule has 0 aliphatic heterocycles. The fourth-order valence-corrected chi connectivity index (χ4v) is 2.14. The molecule has 100 valence electrons. The predicted octanol–water partition coefficient (Wildman–Crippen LogP) is 2.56. The molecule has 1 rings (SSSR count). The number of carboxylic acid groups (broad SMARTS) is 1. The SMILES string of the molecule is O=C(O)C1CCC(NCCCC(F)(F)F)CC1. The van der Waals surface area contributed by atoms with Crippen LogP contribution in [0.5, 0.6) is 0 Å². The molecule has 0 aromatic rings. The van der Waals surface area contributed by atoms with E-state index >= 15 is 0 Å². The number of aliphatic carboxylic acids is 1. The van der Waals surface area contributed by atoms with Gasteiger partial charge in [0.1, 0.15) is 0 Å². The molecule has 1 aliphatic carbocycles. The standard InChI is InChI=1S/C11H18F3NO2/c12-11(13,14)6-1-7-15-9-4-2-8(3-5-9)10(16)17/h8-9,15H,1-7H2,(H,16,17). The number of nitrogens with one attached hydrogen (secondary N) is 1. The van der Waals surface area contributed by atoms with Crippen molar-refractivity contribution in [2.75, 3.05) is 6.54 Å². The van der Waals surface area contributed by atoms with Crippen LogP contribution in [-0.2, 0) is 4.79 Å². The summed E-state index contributed by atoms with van der Waals surface area (Å²) in [4.78, 5) is 10.7.